The highest BCUT2D eigenvalue weighted by atomic mass is 19.3. The number of rotatable bonds is 7. The molecule has 28 heavy (non-hydrogen) atoms. The Morgan fingerprint density at radius 1 is 1.11 bits per heavy atom. The first-order chi connectivity index (χ1) is 13.5. The maximum Gasteiger partial charge on any atom is 0.387 e. The standard InChI is InChI=1S/C20H21F2N3O3/c1-13(18(26)25-12-11-23-20(25)27)24-17(14-5-3-2-4-6-14)15-7-9-16(10-8-15)28-19(21)22/h2-10,13,17,19,24H,11-12H2,1H3,(H,23,27)/t13-,17-/m1/s1. The molecule has 2 aromatic rings. The number of ether oxygens (including phenoxy) is 1. The quantitative estimate of drug-likeness (QED) is 0.764. The first kappa shape index (κ1) is 19.8. The van der Waals surface area contributed by atoms with E-state index in [0.29, 0.717) is 13.1 Å². The number of imide groups is 1. The zero-order valence-corrected chi connectivity index (χ0v) is 15.3. The first-order valence-corrected chi connectivity index (χ1v) is 8.90. The van der Waals surface area contributed by atoms with Crippen LogP contribution in [0.5, 0.6) is 5.75 Å². The smallest absolute Gasteiger partial charge is 0.387 e. The molecule has 6 nitrogen and oxygen atoms in total. The summed E-state index contributed by atoms with van der Waals surface area (Å²) in [5, 5.41) is 5.85. The Morgan fingerprint density at radius 3 is 2.32 bits per heavy atom. The third-order valence-electron chi connectivity index (χ3n) is 4.48. The van der Waals surface area contributed by atoms with Crippen molar-refractivity contribution >= 4 is 11.9 Å². The molecule has 3 amide bonds. The predicted octanol–water partition coefficient (Wildman–Crippen LogP) is 2.91. The van der Waals surface area contributed by atoms with Gasteiger partial charge in [-0.15, -0.1) is 0 Å². The van der Waals surface area contributed by atoms with Gasteiger partial charge in [0.15, 0.2) is 0 Å². The molecule has 0 spiro atoms. The maximum atomic E-state index is 12.6. The van der Waals surface area contributed by atoms with Crippen LogP contribution in [-0.4, -0.2) is 42.6 Å². The van der Waals surface area contributed by atoms with Gasteiger partial charge < -0.3 is 10.1 Å². The summed E-state index contributed by atoms with van der Waals surface area (Å²) in [5.74, 6) is -0.267. The number of halogens is 2. The molecule has 1 fully saturated rings. The molecule has 3 rings (SSSR count). The molecule has 0 aliphatic carbocycles. The summed E-state index contributed by atoms with van der Waals surface area (Å²) in [6.45, 7) is -0.430. The highest BCUT2D eigenvalue weighted by Crippen LogP contribution is 2.25. The molecule has 8 heteroatoms. The van der Waals surface area contributed by atoms with Crippen LogP contribution in [-0.2, 0) is 4.79 Å². The van der Waals surface area contributed by atoms with Gasteiger partial charge in [-0.05, 0) is 30.2 Å². The Labute approximate surface area is 161 Å². The highest BCUT2D eigenvalue weighted by Gasteiger charge is 2.31. The molecule has 2 aromatic carbocycles. The average molecular weight is 389 g/mol. The Morgan fingerprint density at radius 2 is 1.75 bits per heavy atom. The average Bonchev–Trinajstić information content (AvgIpc) is 3.12. The van der Waals surface area contributed by atoms with E-state index in [1.165, 1.54) is 17.0 Å². The fourth-order valence-electron chi connectivity index (χ4n) is 3.11. The van der Waals surface area contributed by atoms with Crippen LogP contribution in [0.4, 0.5) is 13.6 Å². The maximum absolute atomic E-state index is 12.6. The molecule has 0 saturated carbocycles. The molecule has 1 aliphatic heterocycles. The topological polar surface area (TPSA) is 70.7 Å². The Bertz CT molecular complexity index is 815. The van der Waals surface area contributed by atoms with Crippen molar-refractivity contribution in [1.82, 2.24) is 15.5 Å². The van der Waals surface area contributed by atoms with Gasteiger partial charge in [-0.1, -0.05) is 42.5 Å². The summed E-state index contributed by atoms with van der Waals surface area (Å²) >= 11 is 0. The molecule has 0 aromatic heterocycles. The number of amides is 3. The van der Waals surface area contributed by atoms with Crippen LogP contribution >= 0.6 is 0 Å². The number of hydrogen-bond donors (Lipinski definition) is 2. The highest BCUT2D eigenvalue weighted by molar-refractivity contribution is 5.98. The lowest BCUT2D eigenvalue weighted by molar-refractivity contribution is -0.129. The molecular formula is C20H21F2N3O3. The molecule has 0 unspecified atom stereocenters. The number of hydrogen-bond acceptors (Lipinski definition) is 4. The molecule has 0 bridgehead atoms. The van der Waals surface area contributed by atoms with E-state index in [-0.39, 0.29) is 17.7 Å². The number of carbonyl (C=O) groups is 2. The number of benzene rings is 2. The zero-order valence-electron chi connectivity index (χ0n) is 15.3. The SMILES string of the molecule is C[C@@H](N[C@H](c1ccccc1)c1ccc(OC(F)F)cc1)C(=O)N1CCNC1=O. The van der Waals surface area contributed by atoms with Crippen molar-refractivity contribution < 1.29 is 23.1 Å². The first-order valence-electron chi connectivity index (χ1n) is 8.90. The van der Waals surface area contributed by atoms with E-state index in [0.717, 1.165) is 11.1 Å². The fraction of sp³-hybridized carbons (Fsp3) is 0.300. The Kier molecular flexibility index (Phi) is 6.20. The lowest BCUT2D eigenvalue weighted by Gasteiger charge is -2.26. The number of nitrogens with zero attached hydrogens (tertiary/aromatic N) is 1. The van der Waals surface area contributed by atoms with Gasteiger partial charge in [0.2, 0.25) is 5.91 Å². The Balaban J connectivity index is 1.81. The second-order valence-electron chi connectivity index (χ2n) is 6.40. The van der Waals surface area contributed by atoms with Crippen LogP contribution in [0.15, 0.2) is 54.6 Å². The summed E-state index contributed by atoms with van der Waals surface area (Å²) < 4.78 is 29.1. The molecular weight excluding hydrogens is 368 g/mol. The van der Waals surface area contributed by atoms with Crippen LogP contribution in [0.2, 0.25) is 0 Å². The third-order valence-corrected chi connectivity index (χ3v) is 4.48. The molecule has 1 heterocycles. The number of carbonyl (C=O) groups excluding carboxylic acids is 2. The second kappa shape index (κ2) is 8.79. The third kappa shape index (κ3) is 4.64. The van der Waals surface area contributed by atoms with E-state index in [1.807, 2.05) is 30.3 Å². The van der Waals surface area contributed by atoms with Gasteiger partial charge >= 0.3 is 12.6 Å². The predicted molar refractivity (Wildman–Crippen MR) is 99.1 cm³/mol. The number of urea groups is 1. The summed E-state index contributed by atoms with van der Waals surface area (Å²) in [4.78, 5) is 25.6. The number of alkyl halides is 2. The molecule has 148 valence electrons. The minimum atomic E-state index is -2.89. The summed E-state index contributed by atoms with van der Waals surface area (Å²) in [7, 11) is 0. The van der Waals surface area contributed by atoms with Gasteiger partial charge in [-0.3, -0.25) is 15.0 Å². The van der Waals surface area contributed by atoms with E-state index in [9.17, 15) is 18.4 Å². The molecule has 0 radical (unpaired) electrons. The van der Waals surface area contributed by atoms with Gasteiger partial charge in [0.05, 0.1) is 12.1 Å². The lowest BCUT2D eigenvalue weighted by Crippen LogP contribution is -2.47. The molecule has 2 N–H and O–H groups in total. The molecule has 2 atom stereocenters. The van der Waals surface area contributed by atoms with Gasteiger partial charge in [-0.25, -0.2) is 4.79 Å². The van der Waals surface area contributed by atoms with E-state index < -0.39 is 18.7 Å². The van der Waals surface area contributed by atoms with Crippen molar-refractivity contribution in [1.29, 1.82) is 0 Å². The minimum Gasteiger partial charge on any atom is -0.435 e. The molecule has 1 aliphatic rings. The van der Waals surface area contributed by atoms with Crippen LogP contribution in [0.1, 0.15) is 24.1 Å². The van der Waals surface area contributed by atoms with Crippen molar-refractivity contribution in [3.8, 4) is 5.75 Å². The van der Waals surface area contributed by atoms with Gasteiger partial charge in [0, 0.05) is 13.1 Å². The lowest BCUT2D eigenvalue weighted by atomic mass is 9.97. The summed E-state index contributed by atoms with van der Waals surface area (Å²) in [6, 6.07) is 14.3. The minimum absolute atomic E-state index is 0.0587. The normalized spacial score (nSPS) is 16.0. The van der Waals surface area contributed by atoms with Crippen molar-refractivity contribution in [2.45, 2.75) is 25.6 Å². The Hall–Kier alpha value is -3.00. The summed E-state index contributed by atoms with van der Waals surface area (Å²) in [5.41, 5.74) is 1.67. The van der Waals surface area contributed by atoms with Gasteiger partial charge in [0.1, 0.15) is 5.75 Å². The van der Waals surface area contributed by atoms with Crippen LogP contribution in [0.3, 0.4) is 0 Å². The monoisotopic (exact) mass is 389 g/mol. The van der Waals surface area contributed by atoms with E-state index in [1.54, 1.807) is 19.1 Å². The van der Waals surface area contributed by atoms with E-state index in [2.05, 4.69) is 15.4 Å². The van der Waals surface area contributed by atoms with Crippen molar-refractivity contribution in [3.05, 3.63) is 65.7 Å². The fourth-order valence-corrected chi connectivity index (χ4v) is 3.11. The summed E-state index contributed by atoms with van der Waals surface area (Å²) in [6.07, 6.45) is 0. The van der Waals surface area contributed by atoms with Crippen LogP contribution in [0.25, 0.3) is 0 Å². The number of nitrogens with one attached hydrogen (secondary N) is 2. The largest absolute Gasteiger partial charge is 0.435 e. The van der Waals surface area contributed by atoms with E-state index >= 15 is 0 Å². The molecule has 1 saturated heterocycles. The van der Waals surface area contributed by atoms with Crippen molar-refractivity contribution in [2.75, 3.05) is 13.1 Å². The van der Waals surface area contributed by atoms with Gasteiger partial charge in [0.25, 0.3) is 0 Å². The van der Waals surface area contributed by atoms with Crippen LogP contribution in [0, 0.1) is 0 Å². The van der Waals surface area contributed by atoms with Gasteiger partial charge in [-0.2, -0.15) is 8.78 Å². The van der Waals surface area contributed by atoms with Crippen LogP contribution < -0.4 is 15.4 Å². The van der Waals surface area contributed by atoms with Crippen molar-refractivity contribution in [3.63, 3.8) is 0 Å². The zero-order chi connectivity index (χ0) is 20.1. The van der Waals surface area contributed by atoms with Crippen molar-refractivity contribution in [2.24, 2.45) is 0 Å². The second-order valence-corrected chi connectivity index (χ2v) is 6.40. The van der Waals surface area contributed by atoms with E-state index in [4.69, 9.17) is 0 Å².